The van der Waals surface area contributed by atoms with Gasteiger partial charge in [-0.2, -0.15) is 0 Å². The predicted octanol–water partition coefficient (Wildman–Crippen LogP) is 1.97. The van der Waals surface area contributed by atoms with Gasteiger partial charge in [0.15, 0.2) is 0 Å². The number of piperidine rings is 1. The van der Waals surface area contributed by atoms with E-state index in [-0.39, 0.29) is 0 Å². The molecule has 2 aliphatic rings. The number of carbonyl (C=O) groups is 1. The summed E-state index contributed by atoms with van der Waals surface area (Å²) in [5.41, 5.74) is 0. The van der Waals surface area contributed by atoms with Crippen molar-refractivity contribution < 1.29 is 14.3 Å². The Hall–Kier alpha value is -0.610. The Balaban J connectivity index is 1.64. The molecule has 1 amide bonds. The Labute approximate surface area is 110 Å². The zero-order chi connectivity index (χ0) is 12.8. The van der Waals surface area contributed by atoms with Gasteiger partial charge in [0, 0.05) is 32.7 Å². The van der Waals surface area contributed by atoms with Crippen molar-refractivity contribution in [1.82, 2.24) is 4.90 Å². The molecule has 0 aromatic heterocycles. The molecule has 4 nitrogen and oxygen atoms in total. The highest BCUT2D eigenvalue weighted by Gasteiger charge is 2.24. The van der Waals surface area contributed by atoms with Crippen LogP contribution in [0.5, 0.6) is 0 Å². The van der Waals surface area contributed by atoms with Crippen LogP contribution in [0.3, 0.4) is 0 Å². The molecule has 18 heavy (non-hydrogen) atoms. The van der Waals surface area contributed by atoms with Crippen LogP contribution >= 0.6 is 0 Å². The van der Waals surface area contributed by atoms with E-state index in [1.165, 1.54) is 0 Å². The van der Waals surface area contributed by atoms with Crippen LogP contribution in [0.1, 0.15) is 45.4 Å². The van der Waals surface area contributed by atoms with E-state index in [1.807, 2.05) is 11.8 Å². The molecule has 0 saturated carbocycles. The number of amides is 1. The average molecular weight is 255 g/mol. The van der Waals surface area contributed by atoms with E-state index in [0.717, 1.165) is 58.4 Å². The molecule has 0 unspecified atom stereocenters. The van der Waals surface area contributed by atoms with Gasteiger partial charge < -0.3 is 14.4 Å². The van der Waals surface area contributed by atoms with E-state index in [4.69, 9.17) is 9.47 Å². The van der Waals surface area contributed by atoms with Crippen LogP contribution in [0.4, 0.5) is 0 Å². The molecule has 0 bridgehead atoms. The molecular weight excluding hydrogens is 230 g/mol. The molecule has 0 aromatic rings. The number of hydrogen-bond donors (Lipinski definition) is 0. The van der Waals surface area contributed by atoms with Gasteiger partial charge in [0.1, 0.15) is 0 Å². The minimum absolute atomic E-state index is 0.292. The first kappa shape index (κ1) is 13.8. The van der Waals surface area contributed by atoms with E-state index in [9.17, 15) is 4.79 Å². The predicted molar refractivity (Wildman–Crippen MR) is 69.4 cm³/mol. The first-order valence-electron chi connectivity index (χ1n) is 7.30. The summed E-state index contributed by atoms with van der Waals surface area (Å²) >= 11 is 0. The normalized spacial score (nSPS) is 25.6. The Morgan fingerprint density at radius 1 is 1.33 bits per heavy atom. The maximum absolute atomic E-state index is 12.0. The van der Waals surface area contributed by atoms with E-state index in [2.05, 4.69) is 0 Å². The maximum Gasteiger partial charge on any atom is 0.222 e. The Morgan fingerprint density at radius 2 is 2.11 bits per heavy atom. The third kappa shape index (κ3) is 3.95. The molecular formula is C14H25NO3. The summed E-state index contributed by atoms with van der Waals surface area (Å²) in [5.74, 6) is 0.292. The highest BCUT2D eigenvalue weighted by Crippen LogP contribution is 2.19. The van der Waals surface area contributed by atoms with Gasteiger partial charge in [0.25, 0.3) is 0 Å². The van der Waals surface area contributed by atoms with Crippen molar-refractivity contribution in [2.75, 3.05) is 26.3 Å². The molecule has 4 heteroatoms. The fraction of sp³-hybridized carbons (Fsp3) is 0.929. The fourth-order valence-corrected chi connectivity index (χ4v) is 2.82. The van der Waals surface area contributed by atoms with E-state index in [1.54, 1.807) is 0 Å². The van der Waals surface area contributed by atoms with Crippen molar-refractivity contribution in [3.8, 4) is 0 Å². The lowest BCUT2D eigenvalue weighted by Gasteiger charge is -2.32. The third-order valence-corrected chi connectivity index (χ3v) is 3.90. The Kier molecular flexibility index (Phi) is 5.45. The molecule has 2 fully saturated rings. The zero-order valence-electron chi connectivity index (χ0n) is 11.4. The number of likely N-dealkylation sites (tertiary alicyclic amines) is 1. The second-order valence-corrected chi connectivity index (χ2v) is 5.21. The molecule has 2 heterocycles. The van der Waals surface area contributed by atoms with Gasteiger partial charge in [-0.1, -0.05) is 0 Å². The molecule has 0 aromatic carbocycles. The quantitative estimate of drug-likeness (QED) is 0.754. The van der Waals surface area contributed by atoms with Crippen molar-refractivity contribution in [1.29, 1.82) is 0 Å². The molecule has 0 spiro atoms. The molecule has 2 aliphatic heterocycles. The van der Waals surface area contributed by atoms with Crippen LogP contribution in [0.2, 0.25) is 0 Å². The van der Waals surface area contributed by atoms with Crippen molar-refractivity contribution in [2.24, 2.45) is 0 Å². The van der Waals surface area contributed by atoms with Crippen LogP contribution in [-0.2, 0) is 14.3 Å². The Bertz CT molecular complexity index is 256. The standard InChI is InChI=1S/C14H25NO3/c1-2-17-13-7-9-15(10-8-13)14(16)6-5-12-4-3-11-18-12/h12-13H,2-11H2,1H3/t12-/m0/s1. The summed E-state index contributed by atoms with van der Waals surface area (Å²) in [6.45, 7) is 5.39. The highest BCUT2D eigenvalue weighted by molar-refractivity contribution is 5.76. The zero-order valence-corrected chi connectivity index (χ0v) is 11.4. The first-order valence-corrected chi connectivity index (χ1v) is 7.30. The minimum Gasteiger partial charge on any atom is -0.378 e. The molecule has 2 rings (SSSR count). The van der Waals surface area contributed by atoms with Gasteiger partial charge in [-0.05, 0) is 39.0 Å². The van der Waals surface area contributed by atoms with Gasteiger partial charge in [-0.15, -0.1) is 0 Å². The SMILES string of the molecule is CCOC1CCN(C(=O)CC[C@@H]2CCCO2)CC1. The number of ether oxygens (including phenoxy) is 2. The molecule has 0 aliphatic carbocycles. The van der Waals surface area contributed by atoms with Gasteiger partial charge in [0.05, 0.1) is 12.2 Å². The van der Waals surface area contributed by atoms with Gasteiger partial charge in [-0.25, -0.2) is 0 Å². The smallest absolute Gasteiger partial charge is 0.222 e. The lowest BCUT2D eigenvalue weighted by Crippen LogP contribution is -2.41. The van der Waals surface area contributed by atoms with Gasteiger partial charge in [-0.3, -0.25) is 4.79 Å². The Morgan fingerprint density at radius 3 is 2.72 bits per heavy atom. The monoisotopic (exact) mass is 255 g/mol. The molecule has 0 N–H and O–H groups in total. The van der Waals surface area contributed by atoms with Crippen LogP contribution < -0.4 is 0 Å². The van der Waals surface area contributed by atoms with Crippen LogP contribution in [-0.4, -0.2) is 49.3 Å². The summed E-state index contributed by atoms with van der Waals surface area (Å²) in [4.78, 5) is 14.0. The van der Waals surface area contributed by atoms with E-state index < -0.39 is 0 Å². The van der Waals surface area contributed by atoms with Crippen molar-refractivity contribution in [3.05, 3.63) is 0 Å². The van der Waals surface area contributed by atoms with Gasteiger partial charge in [0.2, 0.25) is 5.91 Å². The van der Waals surface area contributed by atoms with Crippen molar-refractivity contribution in [3.63, 3.8) is 0 Å². The van der Waals surface area contributed by atoms with Crippen molar-refractivity contribution >= 4 is 5.91 Å². The lowest BCUT2D eigenvalue weighted by molar-refractivity contribution is -0.134. The summed E-state index contributed by atoms with van der Waals surface area (Å²) in [6, 6.07) is 0. The fourth-order valence-electron chi connectivity index (χ4n) is 2.82. The third-order valence-electron chi connectivity index (χ3n) is 3.90. The number of rotatable bonds is 5. The van der Waals surface area contributed by atoms with Crippen LogP contribution in [0, 0.1) is 0 Å². The largest absolute Gasteiger partial charge is 0.378 e. The molecule has 0 radical (unpaired) electrons. The van der Waals surface area contributed by atoms with Crippen molar-refractivity contribution in [2.45, 2.75) is 57.7 Å². The second kappa shape index (κ2) is 7.10. The summed E-state index contributed by atoms with van der Waals surface area (Å²) in [7, 11) is 0. The number of hydrogen-bond acceptors (Lipinski definition) is 3. The highest BCUT2D eigenvalue weighted by atomic mass is 16.5. The average Bonchev–Trinajstić information content (AvgIpc) is 2.90. The molecule has 2 saturated heterocycles. The van der Waals surface area contributed by atoms with Crippen LogP contribution in [0.15, 0.2) is 0 Å². The second-order valence-electron chi connectivity index (χ2n) is 5.21. The summed E-state index contributed by atoms with van der Waals surface area (Å²) < 4.78 is 11.1. The summed E-state index contributed by atoms with van der Waals surface area (Å²) in [6.07, 6.45) is 6.47. The van der Waals surface area contributed by atoms with Gasteiger partial charge >= 0.3 is 0 Å². The van der Waals surface area contributed by atoms with E-state index >= 15 is 0 Å². The molecule has 1 atom stereocenters. The summed E-state index contributed by atoms with van der Waals surface area (Å²) in [5, 5.41) is 0. The topological polar surface area (TPSA) is 38.8 Å². The maximum atomic E-state index is 12.0. The number of carbonyl (C=O) groups excluding carboxylic acids is 1. The van der Waals surface area contributed by atoms with Crippen LogP contribution in [0.25, 0.3) is 0 Å². The minimum atomic E-state index is 0.292. The lowest BCUT2D eigenvalue weighted by atomic mass is 10.1. The number of nitrogens with zero attached hydrogens (tertiary/aromatic N) is 1. The first-order chi connectivity index (χ1) is 8.79. The molecule has 104 valence electrons. The van der Waals surface area contributed by atoms with E-state index in [0.29, 0.717) is 24.5 Å².